The van der Waals surface area contributed by atoms with Gasteiger partial charge in [-0.1, -0.05) is 106 Å². The van der Waals surface area contributed by atoms with Gasteiger partial charge in [0, 0.05) is 38.4 Å². The summed E-state index contributed by atoms with van der Waals surface area (Å²) in [7, 11) is 1.26. The molecule has 1 saturated heterocycles. The summed E-state index contributed by atoms with van der Waals surface area (Å²) in [4.78, 5) is 46.8. The summed E-state index contributed by atoms with van der Waals surface area (Å²) in [5.74, 6) is -0.591. The summed E-state index contributed by atoms with van der Waals surface area (Å²) in [6.45, 7) is 6.38. The number of nitrogens with zero attached hydrogens (tertiary/aromatic N) is 3. The van der Waals surface area contributed by atoms with Crippen molar-refractivity contribution in [1.29, 1.82) is 0 Å². The first-order chi connectivity index (χ1) is 25.9. The molecule has 3 aromatic carbocycles. The number of pyridine rings is 1. The fourth-order valence-electron chi connectivity index (χ4n) is 7.95. The van der Waals surface area contributed by atoms with Crippen LogP contribution < -0.4 is 10.7 Å². The summed E-state index contributed by atoms with van der Waals surface area (Å²) < 4.78 is 4.82. The molecule has 1 fully saturated rings. The summed E-state index contributed by atoms with van der Waals surface area (Å²) in [5, 5.41) is 27.6. The molecule has 11 heteroatoms. The van der Waals surface area contributed by atoms with Crippen LogP contribution in [0.3, 0.4) is 0 Å². The van der Waals surface area contributed by atoms with Gasteiger partial charge in [0.15, 0.2) is 0 Å². The van der Waals surface area contributed by atoms with Crippen LogP contribution in [0.25, 0.3) is 11.1 Å². The standard InChI is InChI=1S/C43H51N5O6/c1-42(2,3)38(45-41(53)54-4)39(51)46-47(27-30-17-19-31(20-18-30)33-15-10-22-44-26-33)23-11-21-43(25-29-12-6-5-7-13-29)36(50)28-48(40(43)52)37-34-16-9-8-14-32(34)24-35(37)49/h5-10,12-20,22,26,35-38,49-50H,11,21,23-25,27-28H2,1-4H3,(H,45,53)(H,46,51)/t35-,36-,37+,38-,43+/m1/s1. The number of hydrogen-bond acceptors (Lipinski definition) is 8. The molecule has 5 atom stereocenters. The van der Waals surface area contributed by atoms with Crippen LogP contribution in [0.2, 0.25) is 0 Å². The summed E-state index contributed by atoms with van der Waals surface area (Å²) >= 11 is 0. The van der Waals surface area contributed by atoms with E-state index in [4.69, 9.17) is 4.74 Å². The van der Waals surface area contributed by atoms with E-state index >= 15 is 0 Å². The zero-order valence-electron chi connectivity index (χ0n) is 31.4. The van der Waals surface area contributed by atoms with Gasteiger partial charge in [0.2, 0.25) is 5.91 Å². The van der Waals surface area contributed by atoms with Crippen molar-refractivity contribution < 1.29 is 29.3 Å². The van der Waals surface area contributed by atoms with Crippen molar-refractivity contribution in [2.45, 2.75) is 77.3 Å². The normalized spacial score (nSPS) is 21.5. The van der Waals surface area contributed by atoms with E-state index in [-0.39, 0.29) is 12.5 Å². The molecule has 0 saturated carbocycles. The maximum Gasteiger partial charge on any atom is 0.407 e. The van der Waals surface area contributed by atoms with E-state index in [1.165, 1.54) is 7.11 Å². The van der Waals surface area contributed by atoms with E-state index in [9.17, 15) is 24.6 Å². The zero-order valence-corrected chi connectivity index (χ0v) is 31.4. The van der Waals surface area contributed by atoms with E-state index in [0.717, 1.165) is 33.4 Å². The number of hydrazine groups is 1. The van der Waals surface area contributed by atoms with Crippen LogP contribution in [0, 0.1) is 10.8 Å². The van der Waals surface area contributed by atoms with E-state index < -0.39 is 47.1 Å². The fourth-order valence-corrected chi connectivity index (χ4v) is 7.95. The van der Waals surface area contributed by atoms with Crippen LogP contribution in [-0.2, 0) is 33.7 Å². The maximum absolute atomic E-state index is 14.7. The number of rotatable bonds is 13. The van der Waals surface area contributed by atoms with Crippen LogP contribution in [0.15, 0.2) is 103 Å². The molecule has 4 N–H and O–H groups in total. The van der Waals surface area contributed by atoms with E-state index in [0.29, 0.717) is 38.8 Å². The number of aliphatic hydroxyl groups excluding tert-OH is 2. The molecule has 1 aromatic heterocycles. The number of fused-ring (bicyclic) bond motifs is 1. The number of ether oxygens (including phenoxy) is 1. The third kappa shape index (κ3) is 8.49. The highest BCUT2D eigenvalue weighted by molar-refractivity contribution is 5.87. The number of benzene rings is 3. The molecule has 54 heavy (non-hydrogen) atoms. The molecule has 0 radical (unpaired) electrons. The zero-order chi connectivity index (χ0) is 38.5. The lowest BCUT2D eigenvalue weighted by atomic mass is 9.74. The van der Waals surface area contributed by atoms with E-state index in [1.807, 2.05) is 112 Å². The third-order valence-corrected chi connectivity index (χ3v) is 10.8. The van der Waals surface area contributed by atoms with E-state index in [2.05, 4.69) is 15.7 Å². The number of hydrogen-bond donors (Lipinski definition) is 4. The molecule has 6 rings (SSSR count). The second-order valence-corrected chi connectivity index (χ2v) is 15.6. The van der Waals surface area contributed by atoms with Gasteiger partial charge in [-0.2, -0.15) is 0 Å². The lowest BCUT2D eigenvalue weighted by Gasteiger charge is -2.34. The Morgan fingerprint density at radius 2 is 1.69 bits per heavy atom. The van der Waals surface area contributed by atoms with Gasteiger partial charge in [-0.15, -0.1) is 0 Å². The monoisotopic (exact) mass is 733 g/mol. The minimum absolute atomic E-state index is 0.109. The Balaban J connectivity index is 1.26. The quantitative estimate of drug-likeness (QED) is 0.137. The lowest BCUT2D eigenvalue weighted by molar-refractivity contribution is -0.142. The Kier molecular flexibility index (Phi) is 11.8. The third-order valence-electron chi connectivity index (χ3n) is 10.8. The van der Waals surface area contributed by atoms with Crippen molar-refractivity contribution in [3.8, 4) is 11.1 Å². The lowest BCUT2D eigenvalue weighted by Crippen LogP contribution is -2.57. The van der Waals surface area contributed by atoms with Crippen molar-refractivity contribution >= 4 is 17.9 Å². The van der Waals surface area contributed by atoms with Crippen LogP contribution >= 0.6 is 0 Å². The van der Waals surface area contributed by atoms with Crippen molar-refractivity contribution in [2.24, 2.45) is 10.8 Å². The molecule has 0 spiro atoms. The summed E-state index contributed by atoms with van der Waals surface area (Å²) in [6, 6.07) is 27.9. The van der Waals surface area contributed by atoms with Gasteiger partial charge in [-0.05, 0) is 64.1 Å². The molecular formula is C43H51N5O6. The largest absolute Gasteiger partial charge is 0.453 e. The van der Waals surface area contributed by atoms with Gasteiger partial charge >= 0.3 is 6.09 Å². The molecule has 11 nitrogen and oxygen atoms in total. The molecule has 4 aromatic rings. The SMILES string of the molecule is COC(=O)N[C@H](C(=O)NN(CCC[C@@]1(Cc2ccccc2)C(=O)N([C@H]2c3ccccc3C[C@H]2O)C[C@H]1O)Cc1ccc(-c2cccnc2)cc1)C(C)(C)C. The number of methoxy groups -OCH3 is 1. The number of likely N-dealkylation sites (tertiary alicyclic amines) is 1. The number of aliphatic hydroxyl groups is 2. The van der Waals surface area contributed by atoms with Crippen molar-refractivity contribution in [3.05, 3.63) is 126 Å². The highest BCUT2D eigenvalue weighted by atomic mass is 16.5. The smallest absolute Gasteiger partial charge is 0.407 e. The van der Waals surface area contributed by atoms with Gasteiger partial charge in [-0.25, -0.2) is 9.80 Å². The molecule has 2 heterocycles. The second kappa shape index (κ2) is 16.5. The Bertz CT molecular complexity index is 1900. The van der Waals surface area contributed by atoms with Gasteiger partial charge < -0.3 is 25.2 Å². The highest BCUT2D eigenvalue weighted by Crippen LogP contribution is 2.46. The molecule has 1 aliphatic heterocycles. The highest BCUT2D eigenvalue weighted by Gasteiger charge is 2.56. The van der Waals surface area contributed by atoms with Gasteiger partial charge in [0.05, 0.1) is 30.8 Å². The molecule has 0 bridgehead atoms. The molecule has 284 valence electrons. The minimum Gasteiger partial charge on any atom is -0.453 e. The first kappa shape index (κ1) is 38.6. The Labute approximate surface area is 317 Å². The van der Waals surface area contributed by atoms with Crippen LogP contribution in [-0.4, -0.2) is 81.5 Å². The summed E-state index contributed by atoms with van der Waals surface area (Å²) in [6.07, 6.45) is 2.63. The number of carbonyl (C=O) groups is 3. The number of amides is 3. The van der Waals surface area contributed by atoms with Gasteiger partial charge in [0.1, 0.15) is 6.04 Å². The molecule has 0 unspecified atom stereocenters. The second-order valence-electron chi connectivity index (χ2n) is 15.6. The number of β-amino-alcohol motifs (C(OH)–C–C–N with tert-alkyl or cyclic N) is 1. The van der Waals surface area contributed by atoms with E-state index in [1.54, 1.807) is 22.3 Å². The number of carbonyl (C=O) groups excluding carboxylic acids is 3. The molecular weight excluding hydrogens is 683 g/mol. The van der Waals surface area contributed by atoms with Crippen LogP contribution in [0.4, 0.5) is 4.79 Å². The first-order valence-corrected chi connectivity index (χ1v) is 18.6. The molecule has 3 amide bonds. The van der Waals surface area contributed by atoms with Crippen LogP contribution in [0.5, 0.6) is 0 Å². The Morgan fingerprint density at radius 3 is 2.37 bits per heavy atom. The predicted molar refractivity (Wildman–Crippen MR) is 205 cm³/mol. The minimum atomic E-state index is -1.15. The summed E-state index contributed by atoms with van der Waals surface area (Å²) in [5.41, 5.74) is 7.05. The average molecular weight is 734 g/mol. The predicted octanol–water partition coefficient (Wildman–Crippen LogP) is 5.22. The topological polar surface area (TPSA) is 144 Å². The number of aromatic nitrogens is 1. The average Bonchev–Trinajstić information content (AvgIpc) is 3.61. The van der Waals surface area contributed by atoms with Crippen molar-refractivity contribution in [3.63, 3.8) is 0 Å². The molecule has 2 aliphatic rings. The number of alkyl carbamates (subject to hydrolysis) is 1. The van der Waals surface area contributed by atoms with Gasteiger partial charge in [-0.3, -0.25) is 20.0 Å². The van der Waals surface area contributed by atoms with Crippen molar-refractivity contribution in [2.75, 3.05) is 20.2 Å². The van der Waals surface area contributed by atoms with Crippen molar-refractivity contribution in [1.82, 2.24) is 25.6 Å². The maximum atomic E-state index is 14.7. The molecule has 1 aliphatic carbocycles. The Morgan fingerprint density at radius 1 is 0.963 bits per heavy atom. The van der Waals surface area contributed by atoms with Gasteiger partial charge in [0.25, 0.3) is 5.91 Å². The van der Waals surface area contributed by atoms with Crippen LogP contribution in [0.1, 0.15) is 61.9 Å². The number of nitrogens with one attached hydrogen (secondary N) is 2. The fraction of sp³-hybridized carbons (Fsp3) is 0.395. The Hall–Kier alpha value is -5.10. The first-order valence-electron chi connectivity index (χ1n) is 18.6.